The molecule has 7 heteroatoms. The first-order valence-electron chi connectivity index (χ1n) is 9.12. The lowest BCUT2D eigenvalue weighted by atomic mass is 9.91. The molecule has 2 aromatic carbocycles. The molecular weight excluding hydrogens is 374 g/mol. The summed E-state index contributed by atoms with van der Waals surface area (Å²) in [7, 11) is 4.79. The molecule has 0 atom stereocenters. The summed E-state index contributed by atoms with van der Waals surface area (Å²) < 4.78 is 26.9. The Bertz CT molecular complexity index is 1080. The highest BCUT2D eigenvalue weighted by molar-refractivity contribution is 6.11. The van der Waals surface area contributed by atoms with Crippen LogP contribution in [0.1, 0.15) is 15.9 Å². The molecule has 3 aromatic rings. The van der Waals surface area contributed by atoms with Crippen molar-refractivity contribution >= 4 is 16.7 Å². The van der Waals surface area contributed by atoms with E-state index in [0.717, 1.165) is 27.5 Å². The van der Waals surface area contributed by atoms with Crippen LogP contribution in [0.25, 0.3) is 21.9 Å². The van der Waals surface area contributed by atoms with Crippen molar-refractivity contribution in [3.05, 3.63) is 47.8 Å². The van der Waals surface area contributed by atoms with E-state index in [1.165, 1.54) is 0 Å². The number of nitrogens with zero attached hydrogens (tertiary/aromatic N) is 1. The Morgan fingerprint density at radius 2 is 1.76 bits per heavy atom. The quantitative estimate of drug-likeness (QED) is 0.447. The maximum Gasteiger partial charge on any atom is 0.339 e. The van der Waals surface area contributed by atoms with Crippen molar-refractivity contribution in [2.75, 3.05) is 34.5 Å². The number of hydrogen-bond acceptors (Lipinski definition) is 7. The zero-order valence-corrected chi connectivity index (χ0v) is 16.5. The molecule has 150 valence electrons. The van der Waals surface area contributed by atoms with Crippen molar-refractivity contribution in [2.24, 2.45) is 0 Å². The molecule has 0 aliphatic carbocycles. The van der Waals surface area contributed by atoms with Gasteiger partial charge in [0.2, 0.25) is 0 Å². The number of methoxy groups -OCH3 is 3. The number of ether oxygens (including phenoxy) is 5. The molecule has 1 aromatic heterocycles. The molecule has 29 heavy (non-hydrogen) atoms. The second-order valence-corrected chi connectivity index (χ2v) is 6.54. The van der Waals surface area contributed by atoms with Crippen LogP contribution in [0, 0.1) is 0 Å². The van der Waals surface area contributed by atoms with Crippen LogP contribution in [0.5, 0.6) is 17.2 Å². The van der Waals surface area contributed by atoms with Crippen molar-refractivity contribution in [2.45, 2.75) is 6.61 Å². The molecule has 0 unspecified atom stereocenters. The number of pyridine rings is 1. The normalized spacial score (nSPS) is 12.6. The minimum Gasteiger partial charge on any atom is -0.493 e. The zero-order chi connectivity index (χ0) is 20.4. The molecule has 0 saturated heterocycles. The molecule has 4 rings (SSSR count). The van der Waals surface area contributed by atoms with Crippen molar-refractivity contribution in [1.82, 2.24) is 4.98 Å². The van der Waals surface area contributed by atoms with Gasteiger partial charge in [-0.2, -0.15) is 0 Å². The van der Waals surface area contributed by atoms with Crippen LogP contribution in [-0.4, -0.2) is 45.5 Å². The highest BCUT2D eigenvalue weighted by atomic mass is 16.5. The maximum absolute atomic E-state index is 12.5. The summed E-state index contributed by atoms with van der Waals surface area (Å²) >= 11 is 0. The molecule has 0 amide bonds. The second kappa shape index (κ2) is 7.97. The van der Waals surface area contributed by atoms with E-state index < -0.39 is 0 Å². The number of esters is 1. The summed E-state index contributed by atoms with van der Waals surface area (Å²) in [5, 5.41) is 1.76. The van der Waals surface area contributed by atoms with Crippen molar-refractivity contribution < 1.29 is 28.5 Å². The van der Waals surface area contributed by atoms with Gasteiger partial charge < -0.3 is 23.7 Å². The molecule has 1 aliphatic rings. The van der Waals surface area contributed by atoms with E-state index in [9.17, 15) is 4.79 Å². The van der Waals surface area contributed by atoms with Crippen LogP contribution in [0.4, 0.5) is 0 Å². The Hall–Kier alpha value is -3.32. The van der Waals surface area contributed by atoms with Gasteiger partial charge in [-0.05, 0) is 35.0 Å². The lowest BCUT2D eigenvalue weighted by Gasteiger charge is -2.15. The minimum absolute atomic E-state index is 0.239. The average molecular weight is 395 g/mol. The zero-order valence-electron chi connectivity index (χ0n) is 16.5. The van der Waals surface area contributed by atoms with Gasteiger partial charge >= 0.3 is 5.97 Å². The molecule has 7 nitrogen and oxygen atoms in total. The minimum atomic E-state index is -0.350. The number of rotatable bonds is 7. The summed E-state index contributed by atoms with van der Waals surface area (Å²) in [6.07, 6.45) is 3.34. The lowest BCUT2D eigenvalue weighted by molar-refractivity contribution is 0.0535. The highest BCUT2D eigenvalue weighted by Crippen LogP contribution is 2.42. The fraction of sp³-hybridized carbons (Fsp3) is 0.273. The van der Waals surface area contributed by atoms with Crippen LogP contribution in [0.2, 0.25) is 0 Å². The smallest absolute Gasteiger partial charge is 0.339 e. The number of hydrogen-bond donors (Lipinski definition) is 0. The third-order valence-corrected chi connectivity index (χ3v) is 4.85. The number of fused-ring (bicyclic) bond motifs is 2. The number of carbonyl (C=O) groups is 1. The molecule has 0 saturated carbocycles. The van der Waals surface area contributed by atoms with Gasteiger partial charge in [0.25, 0.3) is 0 Å². The highest BCUT2D eigenvalue weighted by Gasteiger charge is 2.28. The van der Waals surface area contributed by atoms with Crippen LogP contribution in [-0.2, 0) is 16.1 Å². The Balaban J connectivity index is 1.94. The molecule has 0 radical (unpaired) electrons. The average Bonchev–Trinajstić information content (AvgIpc) is 3.11. The molecule has 0 fully saturated rings. The third-order valence-electron chi connectivity index (χ3n) is 4.85. The third kappa shape index (κ3) is 3.45. The fourth-order valence-electron chi connectivity index (χ4n) is 3.53. The number of benzene rings is 2. The van der Waals surface area contributed by atoms with E-state index in [1.54, 1.807) is 33.7 Å². The predicted octanol–water partition coefficient (Wildman–Crippen LogP) is 3.61. The van der Waals surface area contributed by atoms with Crippen LogP contribution >= 0.6 is 0 Å². The summed E-state index contributed by atoms with van der Waals surface area (Å²) in [4.78, 5) is 16.8. The van der Waals surface area contributed by atoms with Crippen molar-refractivity contribution in [1.29, 1.82) is 0 Å². The Kier molecular flexibility index (Phi) is 5.22. The summed E-state index contributed by atoms with van der Waals surface area (Å²) in [5.74, 6) is 1.44. The van der Waals surface area contributed by atoms with Crippen LogP contribution < -0.4 is 14.2 Å². The van der Waals surface area contributed by atoms with Gasteiger partial charge in [-0.1, -0.05) is 0 Å². The summed E-state index contributed by atoms with van der Waals surface area (Å²) in [5.41, 5.74) is 2.87. The Morgan fingerprint density at radius 1 is 0.966 bits per heavy atom. The Morgan fingerprint density at radius 3 is 2.52 bits per heavy atom. The number of aromatic nitrogens is 1. The van der Waals surface area contributed by atoms with Gasteiger partial charge in [-0.15, -0.1) is 0 Å². The summed E-state index contributed by atoms with van der Waals surface area (Å²) in [6, 6.07) is 7.58. The molecule has 1 aliphatic heterocycles. The second-order valence-electron chi connectivity index (χ2n) is 6.54. The van der Waals surface area contributed by atoms with Gasteiger partial charge in [0, 0.05) is 30.0 Å². The van der Waals surface area contributed by atoms with Crippen LogP contribution in [0.3, 0.4) is 0 Å². The van der Waals surface area contributed by atoms with Gasteiger partial charge in [-0.3, -0.25) is 4.98 Å². The maximum atomic E-state index is 12.5. The first-order chi connectivity index (χ1) is 14.2. The lowest BCUT2D eigenvalue weighted by Crippen LogP contribution is -2.05. The topological polar surface area (TPSA) is 76.1 Å². The number of carbonyl (C=O) groups excluding carboxylic acids is 1. The first-order valence-corrected chi connectivity index (χ1v) is 9.12. The van der Waals surface area contributed by atoms with E-state index in [0.29, 0.717) is 36.0 Å². The predicted molar refractivity (Wildman–Crippen MR) is 107 cm³/mol. The van der Waals surface area contributed by atoms with Crippen molar-refractivity contribution in [3.63, 3.8) is 0 Å². The molecular formula is C22H21NO6. The van der Waals surface area contributed by atoms with Gasteiger partial charge in [-0.25, -0.2) is 4.79 Å². The van der Waals surface area contributed by atoms with Gasteiger partial charge in [0.05, 0.1) is 32.6 Å². The van der Waals surface area contributed by atoms with E-state index in [2.05, 4.69) is 4.98 Å². The van der Waals surface area contributed by atoms with E-state index in [1.807, 2.05) is 24.3 Å². The van der Waals surface area contributed by atoms with E-state index in [-0.39, 0.29) is 12.6 Å². The molecule has 0 spiro atoms. The first kappa shape index (κ1) is 19.0. The van der Waals surface area contributed by atoms with E-state index >= 15 is 0 Å². The van der Waals surface area contributed by atoms with Crippen LogP contribution in [0.15, 0.2) is 36.7 Å². The standard InChI is InChI=1S/C22H21NO6/c1-25-4-5-28-16-7-14(10-23-11-16)20-17-9-19(27-3)18(26-2)8-13(17)6-15-12-29-22(24)21(15)20/h6-11H,4-5,12H2,1-3H3. The monoisotopic (exact) mass is 395 g/mol. The SMILES string of the molecule is COCCOc1cncc(-c2c3c(cc4cc(OC)c(OC)cc24)COC3=O)c1. The molecule has 0 N–H and O–H groups in total. The van der Waals surface area contributed by atoms with Gasteiger partial charge in [0.1, 0.15) is 19.0 Å². The summed E-state index contributed by atoms with van der Waals surface area (Å²) in [6.45, 7) is 1.11. The fourth-order valence-corrected chi connectivity index (χ4v) is 3.53. The van der Waals surface area contributed by atoms with Crippen molar-refractivity contribution in [3.8, 4) is 28.4 Å². The number of cyclic esters (lactones) is 1. The molecule has 2 heterocycles. The largest absolute Gasteiger partial charge is 0.493 e. The Labute approximate surface area is 168 Å². The van der Waals surface area contributed by atoms with Gasteiger partial charge in [0.15, 0.2) is 11.5 Å². The van der Waals surface area contributed by atoms with E-state index in [4.69, 9.17) is 23.7 Å². The molecule has 0 bridgehead atoms.